The molecule has 1 fully saturated rings. The molecule has 5 nitrogen and oxygen atoms in total. The Bertz CT molecular complexity index is 560. The molecule has 1 unspecified atom stereocenters. The third kappa shape index (κ3) is 2.00. The largest absolute Gasteiger partial charge is 0.481 e. The number of fused-ring (bicyclic) bond motifs is 1. The van der Waals surface area contributed by atoms with Gasteiger partial charge in [-0.05, 0) is 42.4 Å². The van der Waals surface area contributed by atoms with Gasteiger partial charge < -0.3 is 5.11 Å². The number of nitrogens with zero attached hydrogens (tertiary/aromatic N) is 2. The van der Waals surface area contributed by atoms with Gasteiger partial charge in [0.1, 0.15) is 11.0 Å². The molecule has 2 N–H and O–H groups in total. The van der Waals surface area contributed by atoms with Crippen LogP contribution < -0.4 is 0 Å². The van der Waals surface area contributed by atoms with E-state index in [0.29, 0.717) is 5.92 Å². The van der Waals surface area contributed by atoms with E-state index in [1.54, 1.807) is 0 Å². The lowest BCUT2D eigenvalue weighted by molar-refractivity contribution is -0.137. The number of aromatic nitrogens is 3. The van der Waals surface area contributed by atoms with E-state index in [0.717, 1.165) is 29.4 Å². The molecule has 0 spiro atoms. The molecule has 1 aliphatic carbocycles. The maximum atomic E-state index is 10.9. The van der Waals surface area contributed by atoms with Gasteiger partial charge in [0.2, 0.25) is 0 Å². The highest BCUT2D eigenvalue weighted by Crippen LogP contribution is 2.44. The maximum Gasteiger partial charge on any atom is 0.303 e. The molecular weight excluding hydrogens is 218 g/mol. The number of H-pyrrole nitrogens is 1. The van der Waals surface area contributed by atoms with Gasteiger partial charge in [0.05, 0.1) is 6.42 Å². The first kappa shape index (κ1) is 10.3. The van der Waals surface area contributed by atoms with Crippen LogP contribution in [0.3, 0.4) is 0 Å². The topological polar surface area (TPSA) is 78.9 Å². The van der Waals surface area contributed by atoms with Crippen LogP contribution >= 0.6 is 0 Å². The zero-order valence-electron chi connectivity index (χ0n) is 9.26. The monoisotopic (exact) mass is 231 g/mol. The molecule has 1 aromatic heterocycles. The van der Waals surface area contributed by atoms with Crippen molar-refractivity contribution >= 4 is 17.0 Å². The summed E-state index contributed by atoms with van der Waals surface area (Å²) < 4.78 is 0. The molecule has 0 aliphatic heterocycles. The first-order chi connectivity index (χ1) is 8.24. The smallest absolute Gasteiger partial charge is 0.303 e. The van der Waals surface area contributed by atoms with E-state index in [1.807, 2.05) is 18.2 Å². The Morgan fingerprint density at radius 2 is 2.18 bits per heavy atom. The van der Waals surface area contributed by atoms with Crippen molar-refractivity contribution in [1.82, 2.24) is 15.4 Å². The molecule has 1 atom stereocenters. The van der Waals surface area contributed by atoms with E-state index >= 15 is 0 Å². The predicted molar refractivity (Wildman–Crippen MR) is 61.6 cm³/mol. The Balaban J connectivity index is 1.95. The van der Waals surface area contributed by atoms with Gasteiger partial charge >= 0.3 is 5.97 Å². The number of carboxylic acids is 1. The molecule has 0 saturated heterocycles. The second-order valence-electron chi connectivity index (χ2n) is 4.61. The van der Waals surface area contributed by atoms with Crippen LogP contribution in [0.1, 0.15) is 30.7 Å². The van der Waals surface area contributed by atoms with Crippen LogP contribution in [0.4, 0.5) is 0 Å². The summed E-state index contributed by atoms with van der Waals surface area (Å²) in [7, 11) is 0. The molecule has 0 amide bonds. The van der Waals surface area contributed by atoms with Crippen LogP contribution in [0, 0.1) is 5.92 Å². The summed E-state index contributed by atoms with van der Waals surface area (Å²) in [5.74, 6) is -0.0915. The van der Waals surface area contributed by atoms with Crippen molar-refractivity contribution in [3.8, 4) is 0 Å². The van der Waals surface area contributed by atoms with Crippen LogP contribution in [-0.2, 0) is 4.79 Å². The highest BCUT2D eigenvalue weighted by Gasteiger charge is 2.33. The third-order valence-corrected chi connectivity index (χ3v) is 3.35. The first-order valence-corrected chi connectivity index (χ1v) is 5.76. The summed E-state index contributed by atoms with van der Waals surface area (Å²) in [6, 6.07) is 5.81. The summed E-state index contributed by atoms with van der Waals surface area (Å²) in [6.07, 6.45) is 2.47. The van der Waals surface area contributed by atoms with Crippen molar-refractivity contribution in [3.05, 3.63) is 23.8 Å². The SMILES string of the molecule is O=C(O)CC(c1ccc2n[nH]nc2c1)C1CC1. The number of aliphatic carboxylic acids is 1. The van der Waals surface area contributed by atoms with Crippen molar-refractivity contribution in [3.63, 3.8) is 0 Å². The lowest BCUT2D eigenvalue weighted by atomic mass is 9.91. The molecule has 1 saturated carbocycles. The molecule has 2 aromatic rings. The van der Waals surface area contributed by atoms with Crippen molar-refractivity contribution in [1.29, 1.82) is 0 Å². The van der Waals surface area contributed by atoms with Crippen LogP contribution in [0.5, 0.6) is 0 Å². The second kappa shape index (κ2) is 3.84. The summed E-state index contributed by atoms with van der Waals surface area (Å²) in [5, 5.41) is 19.6. The van der Waals surface area contributed by atoms with E-state index in [-0.39, 0.29) is 12.3 Å². The number of carboxylic acid groups (broad SMARTS) is 1. The maximum absolute atomic E-state index is 10.9. The number of hydrogen-bond donors (Lipinski definition) is 2. The van der Waals surface area contributed by atoms with E-state index in [2.05, 4.69) is 15.4 Å². The third-order valence-electron chi connectivity index (χ3n) is 3.35. The minimum absolute atomic E-state index is 0.119. The molecule has 17 heavy (non-hydrogen) atoms. The lowest BCUT2D eigenvalue weighted by Gasteiger charge is -2.13. The summed E-state index contributed by atoms with van der Waals surface area (Å²) in [4.78, 5) is 10.9. The van der Waals surface area contributed by atoms with E-state index in [9.17, 15) is 4.79 Å². The summed E-state index contributed by atoms with van der Waals surface area (Å²) in [5.41, 5.74) is 2.69. The Hall–Kier alpha value is -1.91. The highest BCUT2D eigenvalue weighted by atomic mass is 16.4. The number of benzene rings is 1. The van der Waals surface area contributed by atoms with Crippen molar-refractivity contribution < 1.29 is 9.90 Å². The van der Waals surface area contributed by atoms with Crippen molar-refractivity contribution in [2.45, 2.75) is 25.2 Å². The fourth-order valence-electron chi connectivity index (χ4n) is 2.33. The molecule has 0 bridgehead atoms. The van der Waals surface area contributed by atoms with E-state index < -0.39 is 5.97 Å². The van der Waals surface area contributed by atoms with E-state index in [1.165, 1.54) is 0 Å². The predicted octanol–water partition coefficient (Wildman–Crippen LogP) is 1.93. The molecule has 1 heterocycles. The normalized spacial score (nSPS) is 17.2. The summed E-state index contributed by atoms with van der Waals surface area (Å²) >= 11 is 0. The zero-order valence-corrected chi connectivity index (χ0v) is 9.26. The Labute approximate surface area is 97.8 Å². The van der Waals surface area contributed by atoms with E-state index in [4.69, 9.17) is 5.11 Å². The number of carbonyl (C=O) groups is 1. The van der Waals surface area contributed by atoms with Crippen LogP contribution in [0.2, 0.25) is 0 Å². The zero-order chi connectivity index (χ0) is 11.8. The van der Waals surface area contributed by atoms with Crippen LogP contribution in [0.25, 0.3) is 11.0 Å². The van der Waals surface area contributed by atoms with Gasteiger partial charge in [-0.25, -0.2) is 0 Å². The average molecular weight is 231 g/mol. The van der Waals surface area contributed by atoms with Gasteiger partial charge in [-0.3, -0.25) is 4.79 Å². The minimum Gasteiger partial charge on any atom is -0.481 e. The average Bonchev–Trinajstić information content (AvgIpc) is 3.03. The van der Waals surface area contributed by atoms with Gasteiger partial charge in [-0.15, -0.1) is 0 Å². The number of aromatic amines is 1. The van der Waals surface area contributed by atoms with Gasteiger partial charge in [0, 0.05) is 0 Å². The van der Waals surface area contributed by atoms with Gasteiger partial charge in [-0.1, -0.05) is 6.07 Å². The molecular formula is C12H13N3O2. The number of hydrogen-bond acceptors (Lipinski definition) is 3. The Morgan fingerprint density at radius 3 is 2.88 bits per heavy atom. The fraction of sp³-hybridized carbons (Fsp3) is 0.417. The molecule has 1 aliphatic rings. The standard InChI is InChI=1S/C12H13N3O2/c16-12(17)6-9(7-1-2-7)8-3-4-10-11(5-8)14-15-13-10/h3-5,7,9H,1-2,6H2,(H,16,17)(H,13,14,15). The molecule has 88 valence electrons. The Kier molecular flexibility index (Phi) is 2.31. The van der Waals surface area contributed by atoms with Gasteiger partial charge in [-0.2, -0.15) is 15.4 Å². The van der Waals surface area contributed by atoms with Gasteiger partial charge in [0.25, 0.3) is 0 Å². The van der Waals surface area contributed by atoms with Gasteiger partial charge in [0.15, 0.2) is 0 Å². The Morgan fingerprint density at radius 1 is 1.41 bits per heavy atom. The fourth-order valence-corrected chi connectivity index (χ4v) is 2.33. The van der Waals surface area contributed by atoms with Crippen molar-refractivity contribution in [2.24, 2.45) is 5.92 Å². The molecule has 0 radical (unpaired) electrons. The van der Waals surface area contributed by atoms with Crippen molar-refractivity contribution in [2.75, 3.05) is 0 Å². The minimum atomic E-state index is -0.734. The van der Waals surface area contributed by atoms with Crippen LogP contribution in [-0.4, -0.2) is 26.5 Å². The second-order valence-corrected chi connectivity index (χ2v) is 4.61. The molecule has 3 rings (SSSR count). The first-order valence-electron chi connectivity index (χ1n) is 5.76. The molecule has 1 aromatic carbocycles. The quantitative estimate of drug-likeness (QED) is 0.842. The van der Waals surface area contributed by atoms with Crippen LogP contribution in [0.15, 0.2) is 18.2 Å². The number of nitrogens with one attached hydrogen (secondary N) is 1. The lowest BCUT2D eigenvalue weighted by Crippen LogP contribution is -2.08. The molecule has 5 heteroatoms. The number of rotatable bonds is 4. The summed E-state index contributed by atoms with van der Waals surface area (Å²) in [6.45, 7) is 0. The highest BCUT2D eigenvalue weighted by molar-refractivity contribution is 5.75.